The summed E-state index contributed by atoms with van der Waals surface area (Å²) in [7, 11) is 0. The molecule has 19 heavy (non-hydrogen) atoms. The van der Waals surface area contributed by atoms with Crippen molar-refractivity contribution in [3.63, 3.8) is 0 Å². The van der Waals surface area contributed by atoms with E-state index in [0.29, 0.717) is 11.1 Å². The molecular formula is C11H19N5OS2. The lowest BCUT2D eigenvalue weighted by atomic mass is 9.98. The minimum absolute atomic E-state index is 0.0472. The molecule has 1 aromatic heterocycles. The molecule has 2 heterocycles. The lowest BCUT2D eigenvalue weighted by Gasteiger charge is -2.27. The summed E-state index contributed by atoms with van der Waals surface area (Å²) in [5, 5.41) is 17.7. The second kappa shape index (κ2) is 6.13. The van der Waals surface area contributed by atoms with Crippen molar-refractivity contribution < 1.29 is 4.79 Å². The summed E-state index contributed by atoms with van der Waals surface area (Å²) >= 11 is 3.46. The Morgan fingerprint density at radius 2 is 2.32 bits per heavy atom. The van der Waals surface area contributed by atoms with Gasteiger partial charge in [0.25, 0.3) is 0 Å². The van der Waals surface area contributed by atoms with Crippen LogP contribution in [0.15, 0.2) is 0 Å². The lowest BCUT2D eigenvalue weighted by molar-refractivity contribution is -0.122. The highest BCUT2D eigenvalue weighted by atomic mass is 32.2. The number of thioether (sulfide) groups is 2. The molecule has 1 aliphatic rings. The largest absolute Gasteiger partial charge is 0.341 e. The molecule has 106 valence electrons. The highest BCUT2D eigenvalue weighted by molar-refractivity contribution is 8.01. The smallest absolute Gasteiger partial charge is 0.233 e. The van der Waals surface area contributed by atoms with Gasteiger partial charge >= 0.3 is 0 Å². The molecule has 8 heteroatoms. The normalized spacial score (nSPS) is 24.6. The monoisotopic (exact) mass is 301 g/mol. The van der Waals surface area contributed by atoms with Crippen LogP contribution in [-0.2, 0) is 10.3 Å². The average molecular weight is 301 g/mol. The van der Waals surface area contributed by atoms with Crippen molar-refractivity contribution in [2.75, 3.05) is 11.5 Å². The van der Waals surface area contributed by atoms with E-state index in [1.807, 2.05) is 6.92 Å². The lowest BCUT2D eigenvalue weighted by Crippen LogP contribution is -2.49. The number of tetrazole rings is 1. The fourth-order valence-electron chi connectivity index (χ4n) is 2.07. The summed E-state index contributed by atoms with van der Waals surface area (Å²) in [6.45, 7) is 6.12. The van der Waals surface area contributed by atoms with Crippen molar-refractivity contribution in [3.8, 4) is 0 Å². The summed E-state index contributed by atoms with van der Waals surface area (Å²) in [6, 6.07) is 0. The fourth-order valence-corrected chi connectivity index (χ4v) is 4.40. The van der Waals surface area contributed by atoms with Crippen molar-refractivity contribution in [3.05, 3.63) is 5.82 Å². The van der Waals surface area contributed by atoms with Crippen molar-refractivity contribution in [2.24, 2.45) is 0 Å². The van der Waals surface area contributed by atoms with Crippen LogP contribution in [0.3, 0.4) is 0 Å². The molecule has 2 unspecified atom stereocenters. The zero-order valence-electron chi connectivity index (χ0n) is 11.3. The third kappa shape index (κ3) is 3.42. The summed E-state index contributed by atoms with van der Waals surface area (Å²) in [5.74, 6) is 2.44. The first-order valence-electron chi connectivity index (χ1n) is 6.33. The number of nitrogens with zero attached hydrogens (tertiary/aromatic N) is 3. The van der Waals surface area contributed by atoms with E-state index in [1.165, 1.54) is 0 Å². The molecule has 1 fully saturated rings. The van der Waals surface area contributed by atoms with Gasteiger partial charge in [-0.1, -0.05) is 19.1 Å². The third-order valence-electron chi connectivity index (χ3n) is 3.00. The zero-order valence-corrected chi connectivity index (χ0v) is 13.0. The number of aromatic amines is 1. The van der Waals surface area contributed by atoms with Gasteiger partial charge in [0.05, 0.1) is 5.25 Å². The number of rotatable bonds is 5. The van der Waals surface area contributed by atoms with Gasteiger partial charge in [-0.3, -0.25) is 4.79 Å². The first-order chi connectivity index (χ1) is 9.03. The molecule has 0 spiro atoms. The van der Waals surface area contributed by atoms with E-state index < -0.39 is 5.54 Å². The minimum Gasteiger partial charge on any atom is -0.341 e. The zero-order chi connectivity index (χ0) is 13.9. The molecule has 0 radical (unpaired) electrons. The predicted molar refractivity (Wildman–Crippen MR) is 78.1 cm³/mol. The third-order valence-corrected chi connectivity index (χ3v) is 5.36. The minimum atomic E-state index is -0.458. The standard InChI is InChI=1S/C11H19N5OS2/c1-7(2)19-8(3)9(17)12-11(4-5-18-6-11)10-13-15-16-14-10/h7-8H,4-6H2,1-3H3,(H,12,17)(H,13,14,15,16). The second-order valence-corrected chi connectivity index (χ2v) is 7.96. The molecule has 1 aromatic rings. The van der Waals surface area contributed by atoms with E-state index in [-0.39, 0.29) is 11.2 Å². The van der Waals surface area contributed by atoms with Crippen LogP contribution in [0.25, 0.3) is 0 Å². The van der Waals surface area contributed by atoms with Gasteiger partial charge in [-0.25, -0.2) is 0 Å². The predicted octanol–water partition coefficient (Wildman–Crippen LogP) is 1.18. The highest BCUT2D eigenvalue weighted by Gasteiger charge is 2.42. The summed E-state index contributed by atoms with van der Waals surface area (Å²) in [5.41, 5.74) is -0.458. The molecular weight excluding hydrogens is 282 g/mol. The number of hydrogen-bond acceptors (Lipinski definition) is 6. The maximum absolute atomic E-state index is 12.3. The number of hydrogen-bond donors (Lipinski definition) is 2. The Labute approximate surface area is 121 Å². The van der Waals surface area contributed by atoms with Gasteiger partial charge in [0, 0.05) is 5.75 Å². The van der Waals surface area contributed by atoms with Gasteiger partial charge in [-0.15, -0.1) is 22.0 Å². The fraction of sp³-hybridized carbons (Fsp3) is 0.818. The van der Waals surface area contributed by atoms with Gasteiger partial charge in [-0.2, -0.15) is 17.0 Å². The summed E-state index contributed by atoms with van der Waals surface area (Å²) < 4.78 is 0. The van der Waals surface area contributed by atoms with Crippen LogP contribution in [0.2, 0.25) is 0 Å². The van der Waals surface area contributed by atoms with Crippen molar-refractivity contribution in [2.45, 2.75) is 43.2 Å². The van der Waals surface area contributed by atoms with Gasteiger partial charge in [0.15, 0.2) is 0 Å². The maximum Gasteiger partial charge on any atom is 0.233 e. The van der Waals surface area contributed by atoms with Crippen LogP contribution in [0.5, 0.6) is 0 Å². The molecule has 1 aliphatic heterocycles. The number of H-pyrrole nitrogens is 1. The Morgan fingerprint density at radius 3 is 2.84 bits per heavy atom. The van der Waals surface area contributed by atoms with Crippen LogP contribution in [0.4, 0.5) is 0 Å². The van der Waals surface area contributed by atoms with E-state index in [1.54, 1.807) is 23.5 Å². The van der Waals surface area contributed by atoms with Gasteiger partial charge in [0.2, 0.25) is 11.7 Å². The number of amides is 1. The summed E-state index contributed by atoms with van der Waals surface area (Å²) in [4.78, 5) is 12.3. The first-order valence-corrected chi connectivity index (χ1v) is 8.42. The van der Waals surface area contributed by atoms with Crippen LogP contribution < -0.4 is 5.32 Å². The van der Waals surface area contributed by atoms with E-state index in [0.717, 1.165) is 17.9 Å². The number of carbonyl (C=O) groups excluding carboxylic acids is 1. The molecule has 1 saturated heterocycles. The quantitative estimate of drug-likeness (QED) is 0.849. The second-order valence-electron chi connectivity index (χ2n) is 4.94. The molecule has 6 nitrogen and oxygen atoms in total. The van der Waals surface area contributed by atoms with E-state index in [2.05, 4.69) is 39.8 Å². The number of aromatic nitrogens is 4. The van der Waals surface area contributed by atoms with Crippen LogP contribution in [0.1, 0.15) is 33.0 Å². The van der Waals surface area contributed by atoms with Crippen LogP contribution in [-0.4, -0.2) is 48.5 Å². The topological polar surface area (TPSA) is 83.6 Å². The van der Waals surface area contributed by atoms with E-state index in [9.17, 15) is 4.79 Å². The molecule has 0 aliphatic carbocycles. The van der Waals surface area contributed by atoms with Crippen LogP contribution >= 0.6 is 23.5 Å². The van der Waals surface area contributed by atoms with Crippen molar-refractivity contribution >= 4 is 29.4 Å². The Hall–Kier alpha value is -0.760. The Kier molecular flexibility index (Phi) is 4.72. The van der Waals surface area contributed by atoms with Crippen molar-refractivity contribution in [1.29, 1.82) is 0 Å². The molecule has 1 amide bonds. The van der Waals surface area contributed by atoms with Gasteiger partial charge in [-0.05, 0) is 24.3 Å². The molecule has 2 N–H and O–H groups in total. The molecule has 2 atom stereocenters. The van der Waals surface area contributed by atoms with Gasteiger partial charge in [0.1, 0.15) is 5.54 Å². The summed E-state index contributed by atoms with van der Waals surface area (Å²) in [6.07, 6.45) is 0.849. The van der Waals surface area contributed by atoms with E-state index in [4.69, 9.17) is 0 Å². The highest BCUT2D eigenvalue weighted by Crippen LogP contribution is 2.35. The molecule has 0 bridgehead atoms. The Bertz CT molecular complexity index is 417. The average Bonchev–Trinajstić information content (AvgIpc) is 2.98. The van der Waals surface area contributed by atoms with E-state index >= 15 is 0 Å². The number of nitrogens with one attached hydrogen (secondary N) is 2. The Balaban J connectivity index is 2.08. The van der Waals surface area contributed by atoms with Crippen molar-refractivity contribution in [1.82, 2.24) is 25.9 Å². The van der Waals surface area contributed by atoms with Gasteiger partial charge < -0.3 is 5.32 Å². The molecule has 0 saturated carbocycles. The maximum atomic E-state index is 12.3. The Morgan fingerprint density at radius 1 is 1.53 bits per heavy atom. The molecule has 2 rings (SSSR count). The first kappa shape index (κ1) is 14.6. The van der Waals surface area contributed by atoms with Crippen LogP contribution in [0, 0.1) is 0 Å². The molecule has 0 aromatic carbocycles. The SMILES string of the molecule is CC(C)SC(C)C(=O)NC1(c2nn[nH]n2)CCSC1. The number of carbonyl (C=O) groups is 1.